The number of anilines is 3. The number of para-hydroxylation sites is 1. The van der Waals surface area contributed by atoms with Crippen LogP contribution in [0.3, 0.4) is 0 Å². The van der Waals surface area contributed by atoms with E-state index in [0.717, 1.165) is 5.69 Å². The second-order valence-corrected chi connectivity index (χ2v) is 6.97. The summed E-state index contributed by atoms with van der Waals surface area (Å²) in [6, 6.07) is 13.1. The van der Waals surface area contributed by atoms with Gasteiger partial charge >= 0.3 is 6.09 Å². The first-order valence-corrected chi connectivity index (χ1v) is 8.87. The minimum Gasteiger partial charge on any atom is -0.444 e. The number of carbonyl (C=O) groups excluding carboxylic acids is 2. The molecule has 2 rings (SSSR count). The van der Waals surface area contributed by atoms with E-state index in [1.807, 2.05) is 30.3 Å². The van der Waals surface area contributed by atoms with Gasteiger partial charge in [-0.3, -0.25) is 4.79 Å². The van der Waals surface area contributed by atoms with E-state index >= 15 is 0 Å². The molecule has 1 heterocycles. The van der Waals surface area contributed by atoms with E-state index in [9.17, 15) is 9.59 Å². The minimum atomic E-state index is -0.538. The standard InChI is InChI=1S/C20H26N4O3/c1-20(2,3)27-19(26)22-14-8-12-17(25)24-16-11-7-13-21-18(16)23-15-9-5-4-6-10-15/h4-7,9-11,13H,8,12,14H2,1-3H3,(H,21,23)(H,22,26)(H,24,25). The summed E-state index contributed by atoms with van der Waals surface area (Å²) in [6.45, 7) is 5.77. The molecule has 2 amide bonds. The van der Waals surface area contributed by atoms with E-state index in [1.165, 1.54) is 0 Å². The van der Waals surface area contributed by atoms with Crippen LogP contribution in [0.5, 0.6) is 0 Å². The average Bonchev–Trinajstić information content (AvgIpc) is 2.60. The molecular formula is C20H26N4O3. The molecule has 1 aromatic heterocycles. The Labute approximate surface area is 159 Å². The number of alkyl carbamates (subject to hydrolysis) is 1. The molecular weight excluding hydrogens is 344 g/mol. The summed E-state index contributed by atoms with van der Waals surface area (Å²) >= 11 is 0. The first-order valence-electron chi connectivity index (χ1n) is 8.87. The molecule has 7 nitrogen and oxygen atoms in total. The van der Waals surface area contributed by atoms with Crippen LogP contribution in [0.4, 0.5) is 22.0 Å². The van der Waals surface area contributed by atoms with Crippen molar-refractivity contribution in [2.24, 2.45) is 0 Å². The van der Waals surface area contributed by atoms with Crippen LogP contribution in [0.2, 0.25) is 0 Å². The zero-order chi connectivity index (χ0) is 19.7. The Bertz CT molecular complexity index is 757. The van der Waals surface area contributed by atoms with Gasteiger partial charge in [-0.1, -0.05) is 18.2 Å². The summed E-state index contributed by atoms with van der Waals surface area (Å²) in [7, 11) is 0. The number of hydrogen-bond acceptors (Lipinski definition) is 5. The number of aromatic nitrogens is 1. The van der Waals surface area contributed by atoms with Crippen LogP contribution < -0.4 is 16.0 Å². The van der Waals surface area contributed by atoms with Crippen molar-refractivity contribution in [2.75, 3.05) is 17.2 Å². The van der Waals surface area contributed by atoms with Crippen molar-refractivity contribution in [1.29, 1.82) is 0 Å². The third kappa shape index (κ3) is 7.77. The Morgan fingerprint density at radius 1 is 1.07 bits per heavy atom. The molecule has 0 saturated heterocycles. The fourth-order valence-electron chi connectivity index (χ4n) is 2.23. The summed E-state index contributed by atoms with van der Waals surface area (Å²) in [5.41, 5.74) is 0.948. The first kappa shape index (κ1) is 20.2. The Kier molecular flexibility index (Phi) is 7.16. The lowest BCUT2D eigenvalue weighted by atomic mass is 10.2. The smallest absolute Gasteiger partial charge is 0.407 e. The molecule has 7 heteroatoms. The highest BCUT2D eigenvalue weighted by molar-refractivity contribution is 5.94. The Morgan fingerprint density at radius 2 is 1.81 bits per heavy atom. The van der Waals surface area contributed by atoms with Gasteiger partial charge in [0, 0.05) is 24.8 Å². The van der Waals surface area contributed by atoms with E-state index < -0.39 is 11.7 Å². The highest BCUT2D eigenvalue weighted by atomic mass is 16.6. The van der Waals surface area contributed by atoms with Gasteiger partial charge in [-0.15, -0.1) is 0 Å². The second kappa shape index (κ2) is 9.56. The second-order valence-electron chi connectivity index (χ2n) is 6.97. The van der Waals surface area contributed by atoms with Crippen molar-refractivity contribution < 1.29 is 14.3 Å². The van der Waals surface area contributed by atoms with Crippen LogP contribution >= 0.6 is 0 Å². The van der Waals surface area contributed by atoms with Crippen molar-refractivity contribution >= 4 is 29.2 Å². The van der Waals surface area contributed by atoms with Gasteiger partial charge in [0.05, 0.1) is 5.69 Å². The normalized spacial score (nSPS) is 10.8. The van der Waals surface area contributed by atoms with Gasteiger partial charge in [0.25, 0.3) is 0 Å². The lowest BCUT2D eigenvalue weighted by Gasteiger charge is -2.19. The molecule has 0 radical (unpaired) electrons. The fraction of sp³-hybridized carbons (Fsp3) is 0.350. The number of benzene rings is 1. The molecule has 27 heavy (non-hydrogen) atoms. The van der Waals surface area contributed by atoms with E-state index in [1.54, 1.807) is 39.1 Å². The minimum absolute atomic E-state index is 0.148. The van der Waals surface area contributed by atoms with Crippen LogP contribution in [-0.4, -0.2) is 29.1 Å². The molecule has 0 atom stereocenters. The number of carbonyl (C=O) groups is 2. The molecule has 0 bridgehead atoms. The fourth-order valence-corrected chi connectivity index (χ4v) is 2.23. The van der Waals surface area contributed by atoms with E-state index in [4.69, 9.17) is 4.74 Å². The van der Waals surface area contributed by atoms with Gasteiger partial charge in [-0.05, 0) is 51.5 Å². The van der Waals surface area contributed by atoms with E-state index in [0.29, 0.717) is 24.5 Å². The average molecular weight is 370 g/mol. The predicted octanol–water partition coefficient (Wildman–Crippen LogP) is 4.07. The van der Waals surface area contributed by atoms with Crippen LogP contribution in [0.1, 0.15) is 33.6 Å². The van der Waals surface area contributed by atoms with Crippen molar-refractivity contribution in [3.05, 3.63) is 48.7 Å². The summed E-state index contributed by atoms with van der Waals surface area (Å²) < 4.78 is 5.15. The summed E-state index contributed by atoms with van der Waals surface area (Å²) in [5, 5.41) is 8.67. The molecule has 1 aromatic carbocycles. The topological polar surface area (TPSA) is 92.3 Å². The molecule has 3 N–H and O–H groups in total. The molecule has 144 valence electrons. The molecule has 0 aliphatic carbocycles. The summed E-state index contributed by atoms with van der Waals surface area (Å²) in [6.07, 6.45) is 1.96. The van der Waals surface area contributed by atoms with Crippen LogP contribution in [-0.2, 0) is 9.53 Å². The monoisotopic (exact) mass is 370 g/mol. The Morgan fingerprint density at radius 3 is 2.52 bits per heavy atom. The maximum Gasteiger partial charge on any atom is 0.407 e. The van der Waals surface area contributed by atoms with Crippen LogP contribution in [0.15, 0.2) is 48.7 Å². The van der Waals surface area contributed by atoms with E-state index in [-0.39, 0.29) is 12.3 Å². The summed E-state index contributed by atoms with van der Waals surface area (Å²) in [5.74, 6) is 0.425. The highest BCUT2D eigenvalue weighted by Gasteiger charge is 2.15. The molecule has 0 saturated carbocycles. The van der Waals surface area contributed by atoms with Gasteiger partial charge < -0.3 is 20.7 Å². The largest absolute Gasteiger partial charge is 0.444 e. The SMILES string of the molecule is CC(C)(C)OC(=O)NCCCC(=O)Nc1cccnc1Nc1ccccc1. The molecule has 0 fully saturated rings. The number of ether oxygens (including phenoxy) is 1. The number of hydrogen-bond donors (Lipinski definition) is 3. The first-order chi connectivity index (χ1) is 12.8. The lowest BCUT2D eigenvalue weighted by Crippen LogP contribution is -2.33. The zero-order valence-corrected chi connectivity index (χ0v) is 15.9. The van der Waals surface area contributed by atoms with Crippen molar-refractivity contribution in [1.82, 2.24) is 10.3 Å². The summed E-state index contributed by atoms with van der Waals surface area (Å²) in [4.78, 5) is 28.0. The highest BCUT2D eigenvalue weighted by Crippen LogP contribution is 2.22. The number of nitrogens with zero attached hydrogens (tertiary/aromatic N) is 1. The van der Waals surface area contributed by atoms with E-state index in [2.05, 4.69) is 20.9 Å². The molecule has 0 aliphatic heterocycles. The third-order valence-electron chi connectivity index (χ3n) is 3.37. The van der Waals surface area contributed by atoms with Crippen molar-refractivity contribution in [3.8, 4) is 0 Å². The Hall–Kier alpha value is -3.09. The van der Waals surface area contributed by atoms with Gasteiger partial charge in [0.1, 0.15) is 5.60 Å². The number of nitrogens with one attached hydrogen (secondary N) is 3. The maximum atomic E-state index is 12.2. The number of amides is 2. The zero-order valence-electron chi connectivity index (χ0n) is 15.9. The van der Waals surface area contributed by atoms with Crippen LogP contribution in [0, 0.1) is 0 Å². The van der Waals surface area contributed by atoms with Crippen molar-refractivity contribution in [3.63, 3.8) is 0 Å². The molecule has 0 unspecified atom stereocenters. The lowest BCUT2D eigenvalue weighted by molar-refractivity contribution is -0.116. The van der Waals surface area contributed by atoms with Gasteiger partial charge in [-0.2, -0.15) is 0 Å². The quantitative estimate of drug-likeness (QED) is 0.639. The van der Waals surface area contributed by atoms with Crippen molar-refractivity contribution in [2.45, 2.75) is 39.2 Å². The number of pyridine rings is 1. The Balaban J connectivity index is 1.80. The maximum absolute atomic E-state index is 12.2. The van der Waals surface area contributed by atoms with Gasteiger partial charge in [0.2, 0.25) is 5.91 Å². The third-order valence-corrected chi connectivity index (χ3v) is 3.37. The molecule has 0 aliphatic rings. The van der Waals surface area contributed by atoms with Gasteiger partial charge in [-0.25, -0.2) is 9.78 Å². The molecule has 0 spiro atoms. The molecule has 2 aromatic rings. The van der Waals surface area contributed by atoms with Gasteiger partial charge in [0.15, 0.2) is 5.82 Å². The van der Waals surface area contributed by atoms with Crippen LogP contribution in [0.25, 0.3) is 0 Å². The predicted molar refractivity (Wildman–Crippen MR) is 106 cm³/mol. The number of rotatable bonds is 7.